The van der Waals surface area contributed by atoms with Crippen LogP contribution in [-0.2, 0) is 9.84 Å². The van der Waals surface area contributed by atoms with Gasteiger partial charge in [-0.05, 0) is 30.3 Å². The molecule has 0 saturated heterocycles. The molecule has 0 atom stereocenters. The van der Waals surface area contributed by atoms with Gasteiger partial charge in [0.2, 0.25) is 0 Å². The minimum Gasteiger partial charge on any atom is -0.476 e. The Morgan fingerprint density at radius 3 is 2.62 bits per heavy atom. The first-order valence-electron chi connectivity index (χ1n) is 5.88. The SMILES string of the molecule is CS(=O)(=O)c1cccc(C#Cc2cccnc2C(=O)O)c1. The Kier molecular flexibility index (Phi) is 4.05. The zero-order valence-electron chi connectivity index (χ0n) is 11.1. The summed E-state index contributed by atoms with van der Waals surface area (Å²) < 4.78 is 22.9. The fourth-order valence-electron chi connectivity index (χ4n) is 1.62. The standard InChI is InChI=1S/C15H11NO4S/c1-21(19,20)13-6-2-4-11(10-13)7-8-12-5-3-9-16-14(12)15(17)18/h2-6,9-10H,1H3,(H,17,18). The van der Waals surface area contributed by atoms with E-state index < -0.39 is 15.8 Å². The lowest BCUT2D eigenvalue weighted by atomic mass is 10.1. The van der Waals surface area contributed by atoms with Gasteiger partial charge in [0.25, 0.3) is 0 Å². The van der Waals surface area contributed by atoms with Crippen LogP contribution in [-0.4, -0.2) is 30.7 Å². The lowest BCUT2D eigenvalue weighted by Gasteiger charge is -1.98. The van der Waals surface area contributed by atoms with E-state index in [1.54, 1.807) is 24.3 Å². The van der Waals surface area contributed by atoms with Crippen molar-refractivity contribution in [1.82, 2.24) is 4.98 Å². The highest BCUT2D eigenvalue weighted by Gasteiger charge is 2.09. The average Bonchev–Trinajstić information content (AvgIpc) is 2.45. The number of nitrogens with zero attached hydrogens (tertiary/aromatic N) is 1. The average molecular weight is 301 g/mol. The number of carbonyl (C=O) groups is 1. The number of hydrogen-bond acceptors (Lipinski definition) is 4. The summed E-state index contributed by atoms with van der Waals surface area (Å²) in [4.78, 5) is 14.9. The Morgan fingerprint density at radius 1 is 1.19 bits per heavy atom. The fourth-order valence-corrected chi connectivity index (χ4v) is 2.29. The maximum absolute atomic E-state index is 11.5. The Balaban J connectivity index is 2.43. The molecule has 0 unspecified atom stereocenters. The fraction of sp³-hybridized carbons (Fsp3) is 0.0667. The molecule has 0 aliphatic carbocycles. The molecule has 0 amide bonds. The van der Waals surface area contributed by atoms with Crippen molar-refractivity contribution >= 4 is 15.8 Å². The maximum atomic E-state index is 11.5. The summed E-state index contributed by atoms with van der Waals surface area (Å²) >= 11 is 0. The summed E-state index contributed by atoms with van der Waals surface area (Å²) in [6.07, 6.45) is 2.49. The molecule has 1 heterocycles. The van der Waals surface area contributed by atoms with E-state index in [0.29, 0.717) is 5.56 Å². The monoisotopic (exact) mass is 301 g/mol. The molecule has 21 heavy (non-hydrogen) atoms. The first-order chi connectivity index (χ1) is 9.88. The second-order valence-corrected chi connectivity index (χ2v) is 6.27. The van der Waals surface area contributed by atoms with Gasteiger partial charge >= 0.3 is 5.97 Å². The van der Waals surface area contributed by atoms with Crippen molar-refractivity contribution < 1.29 is 18.3 Å². The van der Waals surface area contributed by atoms with E-state index in [4.69, 9.17) is 5.11 Å². The molecule has 0 bridgehead atoms. The van der Waals surface area contributed by atoms with Gasteiger partial charge in [0, 0.05) is 18.0 Å². The summed E-state index contributed by atoms with van der Waals surface area (Å²) in [5.41, 5.74) is 0.622. The topological polar surface area (TPSA) is 84.3 Å². The summed E-state index contributed by atoms with van der Waals surface area (Å²) in [6, 6.07) is 9.29. The first kappa shape index (κ1) is 14.8. The van der Waals surface area contributed by atoms with Crippen LogP contribution in [0.25, 0.3) is 0 Å². The number of benzene rings is 1. The molecular formula is C15H11NO4S. The molecule has 0 fully saturated rings. The number of carboxylic acid groups (broad SMARTS) is 1. The molecule has 0 spiro atoms. The van der Waals surface area contributed by atoms with Crippen LogP contribution < -0.4 is 0 Å². The predicted molar refractivity (Wildman–Crippen MR) is 76.7 cm³/mol. The molecule has 6 heteroatoms. The predicted octanol–water partition coefficient (Wildman–Crippen LogP) is 1.58. The molecule has 0 radical (unpaired) electrons. The lowest BCUT2D eigenvalue weighted by molar-refractivity contribution is 0.0690. The molecule has 0 saturated carbocycles. The third-order valence-electron chi connectivity index (χ3n) is 2.61. The van der Waals surface area contributed by atoms with Crippen LogP contribution in [0, 0.1) is 11.8 Å². The highest BCUT2D eigenvalue weighted by molar-refractivity contribution is 7.90. The van der Waals surface area contributed by atoms with Crippen molar-refractivity contribution in [3.63, 3.8) is 0 Å². The van der Waals surface area contributed by atoms with Crippen LogP contribution in [0.3, 0.4) is 0 Å². The summed E-state index contributed by atoms with van der Waals surface area (Å²) in [7, 11) is -3.30. The van der Waals surface area contributed by atoms with E-state index in [1.165, 1.54) is 18.3 Å². The molecule has 1 N–H and O–H groups in total. The molecule has 2 rings (SSSR count). The molecule has 2 aromatic rings. The van der Waals surface area contributed by atoms with Gasteiger partial charge < -0.3 is 5.11 Å². The zero-order chi connectivity index (χ0) is 15.5. The molecule has 1 aromatic heterocycles. The van der Waals surface area contributed by atoms with E-state index in [1.807, 2.05) is 0 Å². The van der Waals surface area contributed by atoms with Crippen LogP contribution in [0.5, 0.6) is 0 Å². The quantitative estimate of drug-likeness (QED) is 0.851. The third kappa shape index (κ3) is 3.68. The van der Waals surface area contributed by atoms with Crippen molar-refractivity contribution in [3.8, 4) is 11.8 Å². The number of aromatic nitrogens is 1. The highest BCUT2D eigenvalue weighted by Crippen LogP contribution is 2.11. The Morgan fingerprint density at radius 2 is 1.95 bits per heavy atom. The van der Waals surface area contributed by atoms with E-state index in [0.717, 1.165) is 6.26 Å². The summed E-state index contributed by atoms with van der Waals surface area (Å²) in [5, 5.41) is 9.00. The number of hydrogen-bond donors (Lipinski definition) is 1. The number of pyridine rings is 1. The van der Waals surface area contributed by atoms with Crippen molar-refractivity contribution in [1.29, 1.82) is 0 Å². The van der Waals surface area contributed by atoms with Gasteiger partial charge in [-0.15, -0.1) is 0 Å². The number of carboxylic acids is 1. The van der Waals surface area contributed by atoms with Gasteiger partial charge in [-0.1, -0.05) is 17.9 Å². The molecule has 0 aliphatic rings. The van der Waals surface area contributed by atoms with Crippen LogP contribution >= 0.6 is 0 Å². The van der Waals surface area contributed by atoms with Gasteiger partial charge in [-0.2, -0.15) is 0 Å². The van der Waals surface area contributed by atoms with Crippen LogP contribution in [0.2, 0.25) is 0 Å². The normalized spacial score (nSPS) is 10.5. The van der Waals surface area contributed by atoms with Crippen molar-refractivity contribution in [3.05, 3.63) is 59.4 Å². The van der Waals surface area contributed by atoms with Gasteiger partial charge in [0.15, 0.2) is 15.5 Å². The van der Waals surface area contributed by atoms with Crippen LogP contribution in [0.4, 0.5) is 0 Å². The second kappa shape index (κ2) is 5.77. The highest BCUT2D eigenvalue weighted by atomic mass is 32.2. The van der Waals surface area contributed by atoms with Gasteiger partial charge in [0.05, 0.1) is 10.5 Å². The molecule has 1 aromatic carbocycles. The van der Waals surface area contributed by atoms with Gasteiger partial charge in [-0.25, -0.2) is 18.2 Å². The van der Waals surface area contributed by atoms with Gasteiger partial charge in [0.1, 0.15) is 0 Å². The van der Waals surface area contributed by atoms with Crippen molar-refractivity contribution in [2.24, 2.45) is 0 Å². The van der Waals surface area contributed by atoms with Crippen LogP contribution in [0.1, 0.15) is 21.6 Å². The Hall–Kier alpha value is -2.65. The minimum atomic E-state index is -3.30. The summed E-state index contributed by atoms with van der Waals surface area (Å²) in [6.45, 7) is 0. The maximum Gasteiger partial charge on any atom is 0.355 e. The van der Waals surface area contributed by atoms with E-state index in [2.05, 4.69) is 16.8 Å². The molecular weight excluding hydrogens is 290 g/mol. The zero-order valence-corrected chi connectivity index (χ0v) is 11.9. The van der Waals surface area contributed by atoms with E-state index in [-0.39, 0.29) is 16.2 Å². The summed E-state index contributed by atoms with van der Waals surface area (Å²) in [5.74, 6) is 4.29. The van der Waals surface area contributed by atoms with Crippen molar-refractivity contribution in [2.45, 2.75) is 4.90 Å². The van der Waals surface area contributed by atoms with E-state index >= 15 is 0 Å². The third-order valence-corrected chi connectivity index (χ3v) is 3.72. The van der Waals surface area contributed by atoms with Crippen LogP contribution in [0.15, 0.2) is 47.5 Å². The number of aromatic carboxylic acids is 1. The lowest BCUT2D eigenvalue weighted by Crippen LogP contribution is -2.02. The van der Waals surface area contributed by atoms with Gasteiger partial charge in [-0.3, -0.25) is 0 Å². The second-order valence-electron chi connectivity index (χ2n) is 4.25. The smallest absolute Gasteiger partial charge is 0.355 e. The number of sulfone groups is 1. The van der Waals surface area contributed by atoms with Crippen molar-refractivity contribution in [2.75, 3.05) is 6.26 Å². The largest absolute Gasteiger partial charge is 0.476 e. The number of rotatable bonds is 2. The minimum absolute atomic E-state index is 0.135. The Bertz CT molecular complexity index is 860. The first-order valence-corrected chi connectivity index (χ1v) is 7.77. The Labute approximate surface area is 122 Å². The molecule has 106 valence electrons. The molecule has 0 aliphatic heterocycles. The molecule has 5 nitrogen and oxygen atoms in total. The van der Waals surface area contributed by atoms with E-state index in [9.17, 15) is 13.2 Å².